The standard InChI is InChI=1S/C31H61NO4/c1-12-14-16-28(4,5)19-30(8,9)21-34-26(33)23(3)18-24(32)25-27(36-25)35-22-31(10,11)20-29(6,7)17-15-13-2/h23-25,27H,12-22,32H2,1-11H3/t23?,24-,25?,27?/m1/s1. The molecule has 0 saturated carbocycles. The fraction of sp³-hybridized carbons (Fsp3) is 0.968. The minimum atomic E-state index is -0.260. The summed E-state index contributed by atoms with van der Waals surface area (Å²) in [6, 6.07) is -0.234. The van der Waals surface area contributed by atoms with Crippen LogP contribution in [0.1, 0.15) is 134 Å². The molecule has 0 radical (unpaired) electrons. The zero-order chi connectivity index (χ0) is 27.8. The summed E-state index contributed by atoms with van der Waals surface area (Å²) < 4.78 is 17.6. The molecule has 0 amide bonds. The van der Waals surface area contributed by atoms with Crippen LogP contribution in [0.15, 0.2) is 0 Å². The molecule has 2 N–H and O–H groups in total. The fourth-order valence-electron chi connectivity index (χ4n) is 6.08. The molecular weight excluding hydrogens is 450 g/mol. The topological polar surface area (TPSA) is 74.1 Å². The van der Waals surface area contributed by atoms with Crippen molar-refractivity contribution < 1.29 is 19.0 Å². The number of epoxide rings is 1. The molecule has 3 unspecified atom stereocenters. The zero-order valence-electron chi connectivity index (χ0n) is 25.8. The third-order valence-corrected chi connectivity index (χ3v) is 7.50. The molecule has 1 aliphatic heterocycles. The summed E-state index contributed by atoms with van der Waals surface area (Å²) in [5, 5.41) is 0. The number of hydrogen-bond acceptors (Lipinski definition) is 5. The Labute approximate surface area is 224 Å². The van der Waals surface area contributed by atoms with Gasteiger partial charge in [0.05, 0.1) is 19.1 Å². The summed E-state index contributed by atoms with van der Waals surface area (Å²) >= 11 is 0. The van der Waals surface area contributed by atoms with E-state index < -0.39 is 0 Å². The number of esters is 1. The van der Waals surface area contributed by atoms with Gasteiger partial charge in [-0.25, -0.2) is 0 Å². The maximum atomic E-state index is 12.7. The lowest BCUT2D eigenvalue weighted by atomic mass is 9.73. The predicted octanol–water partition coefficient (Wildman–Crippen LogP) is 7.89. The molecule has 0 bridgehead atoms. The van der Waals surface area contributed by atoms with Crippen LogP contribution < -0.4 is 5.73 Å². The molecule has 0 aromatic heterocycles. The number of unbranched alkanes of at least 4 members (excludes halogenated alkanes) is 2. The SMILES string of the molecule is CCCCC(C)(C)CC(C)(C)COC(=O)C(C)C[C@@H](N)C1OC1OCC(C)(C)CC(C)(C)CCCC. The molecule has 5 nitrogen and oxygen atoms in total. The first kappa shape index (κ1) is 33.4. The Morgan fingerprint density at radius 1 is 0.833 bits per heavy atom. The average molecular weight is 512 g/mol. The Morgan fingerprint density at radius 3 is 1.78 bits per heavy atom. The minimum absolute atomic E-state index is 0.0504. The van der Waals surface area contributed by atoms with E-state index in [4.69, 9.17) is 19.9 Å². The van der Waals surface area contributed by atoms with E-state index in [9.17, 15) is 4.79 Å². The van der Waals surface area contributed by atoms with Gasteiger partial charge in [0, 0.05) is 6.04 Å². The van der Waals surface area contributed by atoms with Crippen LogP contribution >= 0.6 is 0 Å². The van der Waals surface area contributed by atoms with Crippen molar-refractivity contribution in [1.82, 2.24) is 0 Å². The monoisotopic (exact) mass is 511 g/mol. The van der Waals surface area contributed by atoms with Gasteiger partial charge in [-0.05, 0) is 53.8 Å². The lowest BCUT2D eigenvalue weighted by Crippen LogP contribution is -2.35. The summed E-state index contributed by atoms with van der Waals surface area (Å²) in [6.07, 6.45) is 9.67. The van der Waals surface area contributed by atoms with Gasteiger partial charge in [-0.1, -0.05) is 102 Å². The largest absolute Gasteiger partial charge is 0.465 e. The summed E-state index contributed by atoms with van der Waals surface area (Å²) in [7, 11) is 0. The normalized spacial score (nSPS) is 20.8. The molecule has 5 heteroatoms. The second-order valence-electron chi connectivity index (χ2n) is 14.9. The summed E-state index contributed by atoms with van der Waals surface area (Å²) in [5.41, 5.74) is 6.98. The van der Waals surface area contributed by atoms with E-state index in [0.717, 1.165) is 12.8 Å². The van der Waals surface area contributed by atoms with Gasteiger partial charge in [-0.3, -0.25) is 4.79 Å². The quantitative estimate of drug-likeness (QED) is 0.141. The first-order valence-corrected chi connectivity index (χ1v) is 14.6. The van der Waals surface area contributed by atoms with E-state index in [0.29, 0.717) is 25.0 Å². The van der Waals surface area contributed by atoms with Crippen molar-refractivity contribution in [3.8, 4) is 0 Å². The van der Waals surface area contributed by atoms with Gasteiger partial charge >= 0.3 is 5.97 Å². The number of nitrogens with two attached hydrogens (primary N) is 1. The van der Waals surface area contributed by atoms with Gasteiger partial charge in [0.15, 0.2) is 6.29 Å². The Kier molecular flexibility index (Phi) is 12.9. The van der Waals surface area contributed by atoms with Gasteiger partial charge in [-0.15, -0.1) is 0 Å². The maximum Gasteiger partial charge on any atom is 0.308 e. The van der Waals surface area contributed by atoms with Crippen molar-refractivity contribution in [3.63, 3.8) is 0 Å². The van der Waals surface area contributed by atoms with Gasteiger partial charge in [0.25, 0.3) is 0 Å². The van der Waals surface area contributed by atoms with Crippen molar-refractivity contribution in [2.24, 2.45) is 33.3 Å². The number of hydrogen-bond donors (Lipinski definition) is 1. The van der Waals surface area contributed by atoms with Gasteiger partial charge in [-0.2, -0.15) is 0 Å². The highest BCUT2D eigenvalue weighted by Crippen LogP contribution is 2.40. The van der Waals surface area contributed by atoms with E-state index in [1.807, 2.05) is 6.92 Å². The molecule has 1 fully saturated rings. The molecule has 0 aromatic rings. The Morgan fingerprint density at radius 2 is 1.31 bits per heavy atom. The number of rotatable bonds is 19. The molecule has 4 atom stereocenters. The van der Waals surface area contributed by atoms with Crippen LogP contribution in [-0.4, -0.2) is 37.6 Å². The highest BCUT2D eigenvalue weighted by molar-refractivity contribution is 5.72. The predicted molar refractivity (Wildman–Crippen MR) is 151 cm³/mol. The maximum absolute atomic E-state index is 12.7. The second-order valence-corrected chi connectivity index (χ2v) is 14.9. The van der Waals surface area contributed by atoms with E-state index >= 15 is 0 Å². The Balaban J connectivity index is 2.41. The number of carbonyl (C=O) groups excluding carboxylic acids is 1. The highest BCUT2D eigenvalue weighted by Gasteiger charge is 2.46. The third-order valence-electron chi connectivity index (χ3n) is 7.50. The molecule has 0 aromatic carbocycles. The van der Waals surface area contributed by atoms with Crippen LogP contribution in [0.25, 0.3) is 0 Å². The van der Waals surface area contributed by atoms with Crippen molar-refractivity contribution in [2.45, 2.75) is 152 Å². The third kappa shape index (κ3) is 13.2. The fourth-order valence-corrected chi connectivity index (χ4v) is 6.08. The van der Waals surface area contributed by atoms with Crippen molar-refractivity contribution in [3.05, 3.63) is 0 Å². The summed E-state index contributed by atoms with van der Waals surface area (Å²) in [6.45, 7) is 25.7. The summed E-state index contributed by atoms with van der Waals surface area (Å²) in [4.78, 5) is 12.7. The molecule has 214 valence electrons. The lowest BCUT2D eigenvalue weighted by molar-refractivity contribution is -0.152. The minimum Gasteiger partial charge on any atom is -0.465 e. The first-order chi connectivity index (χ1) is 16.4. The Hall–Kier alpha value is -0.650. The van der Waals surface area contributed by atoms with E-state index in [1.165, 1.54) is 38.5 Å². The van der Waals surface area contributed by atoms with Crippen LogP contribution in [0.4, 0.5) is 0 Å². The molecule has 0 aliphatic carbocycles. The molecule has 0 spiro atoms. The Bertz CT molecular complexity index is 655. The van der Waals surface area contributed by atoms with Crippen molar-refractivity contribution in [2.75, 3.05) is 13.2 Å². The van der Waals surface area contributed by atoms with E-state index in [-0.39, 0.29) is 46.6 Å². The number of carbonyl (C=O) groups is 1. The molecule has 1 saturated heterocycles. The van der Waals surface area contributed by atoms with Crippen LogP contribution in [-0.2, 0) is 19.0 Å². The van der Waals surface area contributed by atoms with E-state index in [2.05, 4.69) is 69.2 Å². The van der Waals surface area contributed by atoms with Gasteiger partial charge < -0.3 is 19.9 Å². The number of ether oxygens (including phenoxy) is 3. The lowest BCUT2D eigenvalue weighted by Gasteiger charge is -2.35. The van der Waals surface area contributed by atoms with E-state index in [1.54, 1.807) is 0 Å². The van der Waals surface area contributed by atoms with Gasteiger partial charge in [0.1, 0.15) is 6.10 Å². The van der Waals surface area contributed by atoms with Crippen LogP contribution in [0.3, 0.4) is 0 Å². The first-order valence-electron chi connectivity index (χ1n) is 14.6. The molecular formula is C31H61NO4. The van der Waals surface area contributed by atoms with Crippen molar-refractivity contribution >= 4 is 5.97 Å². The average Bonchev–Trinajstić information content (AvgIpc) is 3.52. The molecule has 1 rings (SSSR count). The van der Waals surface area contributed by atoms with Crippen LogP contribution in [0.5, 0.6) is 0 Å². The molecule has 1 aliphatic rings. The van der Waals surface area contributed by atoms with Gasteiger partial charge in [0.2, 0.25) is 0 Å². The van der Waals surface area contributed by atoms with Crippen LogP contribution in [0.2, 0.25) is 0 Å². The van der Waals surface area contributed by atoms with Crippen LogP contribution in [0, 0.1) is 27.6 Å². The highest BCUT2D eigenvalue weighted by atomic mass is 16.8. The molecule has 36 heavy (non-hydrogen) atoms. The summed E-state index contributed by atoms with van der Waals surface area (Å²) in [5.74, 6) is -0.428. The molecule has 1 heterocycles. The zero-order valence-corrected chi connectivity index (χ0v) is 25.8. The van der Waals surface area contributed by atoms with Crippen molar-refractivity contribution in [1.29, 1.82) is 0 Å². The second kappa shape index (κ2) is 13.9. The smallest absolute Gasteiger partial charge is 0.308 e.